The number of nitrogens with one attached hydrogen (secondary N) is 1. The van der Waals surface area contributed by atoms with Crippen LogP contribution >= 0.6 is 0 Å². The summed E-state index contributed by atoms with van der Waals surface area (Å²) >= 11 is 0. The first kappa shape index (κ1) is 16.4. The van der Waals surface area contributed by atoms with E-state index in [1.807, 2.05) is 0 Å². The van der Waals surface area contributed by atoms with Gasteiger partial charge in [0.15, 0.2) is 18.2 Å². The van der Waals surface area contributed by atoms with Crippen molar-refractivity contribution in [2.24, 2.45) is 5.92 Å². The lowest BCUT2D eigenvalue weighted by Crippen LogP contribution is -2.30. The molecule has 0 heterocycles. The van der Waals surface area contributed by atoms with Crippen molar-refractivity contribution in [2.45, 2.75) is 33.3 Å². The Labute approximate surface area is 119 Å². The van der Waals surface area contributed by atoms with Crippen LogP contribution in [0, 0.1) is 11.7 Å². The predicted octanol–water partition coefficient (Wildman–Crippen LogP) is 2.42. The van der Waals surface area contributed by atoms with Gasteiger partial charge in [-0.1, -0.05) is 19.9 Å². The van der Waals surface area contributed by atoms with Crippen molar-refractivity contribution < 1.29 is 19.0 Å². The highest BCUT2D eigenvalue weighted by molar-refractivity contribution is 5.77. The molecule has 0 spiro atoms. The Bertz CT molecular complexity index is 447. The van der Waals surface area contributed by atoms with Gasteiger partial charge < -0.3 is 15.2 Å². The number of carbonyl (C=O) groups is 1. The number of benzene rings is 1. The number of amides is 1. The summed E-state index contributed by atoms with van der Waals surface area (Å²) in [6.07, 6.45) is 0.154. The molecule has 20 heavy (non-hydrogen) atoms. The van der Waals surface area contributed by atoms with Crippen molar-refractivity contribution in [3.05, 3.63) is 29.6 Å². The summed E-state index contributed by atoms with van der Waals surface area (Å²) in [7, 11) is 0. The van der Waals surface area contributed by atoms with Crippen LogP contribution in [0.25, 0.3) is 0 Å². The standard InChI is InChI=1S/C15H22FNO3/c1-10(2)6-7-17-15(19)9-20-14-5-4-12(11(3)18)8-13(14)16/h4-5,8,10-11,18H,6-7,9H2,1-3H3,(H,17,19)/t11-/m1/s1. The van der Waals surface area contributed by atoms with Gasteiger partial charge in [0.05, 0.1) is 6.10 Å². The zero-order valence-corrected chi connectivity index (χ0v) is 12.1. The third-order valence-electron chi connectivity index (χ3n) is 2.84. The maximum absolute atomic E-state index is 13.7. The Morgan fingerprint density at radius 1 is 1.40 bits per heavy atom. The Morgan fingerprint density at radius 2 is 2.10 bits per heavy atom. The molecule has 0 saturated heterocycles. The first-order valence-electron chi connectivity index (χ1n) is 6.77. The molecule has 1 atom stereocenters. The van der Waals surface area contributed by atoms with Gasteiger partial charge in [0, 0.05) is 6.54 Å². The van der Waals surface area contributed by atoms with Crippen LogP contribution in [0.5, 0.6) is 5.75 Å². The van der Waals surface area contributed by atoms with Crippen LogP contribution < -0.4 is 10.1 Å². The van der Waals surface area contributed by atoms with Gasteiger partial charge >= 0.3 is 0 Å². The average molecular weight is 283 g/mol. The fraction of sp³-hybridized carbons (Fsp3) is 0.533. The monoisotopic (exact) mass is 283 g/mol. The lowest BCUT2D eigenvalue weighted by molar-refractivity contribution is -0.123. The molecule has 0 aromatic heterocycles. The van der Waals surface area contributed by atoms with Gasteiger partial charge in [0.25, 0.3) is 5.91 Å². The molecule has 0 unspecified atom stereocenters. The Kier molecular flexibility index (Phi) is 6.45. The van der Waals surface area contributed by atoms with Gasteiger partial charge in [-0.25, -0.2) is 4.39 Å². The van der Waals surface area contributed by atoms with E-state index in [1.165, 1.54) is 12.1 Å². The molecule has 4 nitrogen and oxygen atoms in total. The first-order chi connectivity index (χ1) is 9.40. The summed E-state index contributed by atoms with van der Waals surface area (Å²) in [5.74, 6) is -0.335. The minimum atomic E-state index is -0.738. The third-order valence-corrected chi connectivity index (χ3v) is 2.84. The zero-order chi connectivity index (χ0) is 15.1. The molecule has 2 N–H and O–H groups in total. The molecule has 112 valence electrons. The van der Waals surface area contributed by atoms with E-state index in [1.54, 1.807) is 13.0 Å². The fourth-order valence-electron chi connectivity index (χ4n) is 1.59. The van der Waals surface area contributed by atoms with Gasteiger partial charge in [-0.15, -0.1) is 0 Å². The van der Waals surface area contributed by atoms with Crippen molar-refractivity contribution in [1.82, 2.24) is 5.32 Å². The average Bonchev–Trinajstić information content (AvgIpc) is 2.36. The van der Waals surface area contributed by atoms with Crippen molar-refractivity contribution in [3.63, 3.8) is 0 Å². The molecule has 0 aliphatic carbocycles. The quantitative estimate of drug-likeness (QED) is 0.808. The topological polar surface area (TPSA) is 58.6 Å². The minimum Gasteiger partial charge on any atom is -0.481 e. The van der Waals surface area contributed by atoms with Crippen LogP contribution in [-0.4, -0.2) is 24.2 Å². The molecule has 1 amide bonds. The number of halogens is 1. The molecule has 0 aliphatic heterocycles. The van der Waals surface area contributed by atoms with E-state index in [2.05, 4.69) is 19.2 Å². The second-order valence-corrected chi connectivity index (χ2v) is 5.19. The molecule has 5 heteroatoms. The van der Waals surface area contributed by atoms with E-state index in [4.69, 9.17) is 4.74 Å². The molecular weight excluding hydrogens is 261 g/mol. The van der Waals surface area contributed by atoms with E-state index < -0.39 is 11.9 Å². The summed E-state index contributed by atoms with van der Waals surface area (Å²) in [5.41, 5.74) is 0.469. The number of ether oxygens (including phenoxy) is 1. The largest absolute Gasteiger partial charge is 0.481 e. The normalized spacial score (nSPS) is 12.3. The third kappa shape index (κ3) is 5.57. The summed E-state index contributed by atoms with van der Waals surface area (Å²) in [6.45, 7) is 6.06. The summed E-state index contributed by atoms with van der Waals surface area (Å²) in [4.78, 5) is 11.5. The van der Waals surface area contributed by atoms with E-state index in [-0.39, 0.29) is 18.3 Å². The van der Waals surface area contributed by atoms with Crippen molar-refractivity contribution in [3.8, 4) is 5.75 Å². The molecule has 0 aliphatic rings. The zero-order valence-electron chi connectivity index (χ0n) is 12.1. The summed E-state index contributed by atoms with van der Waals surface area (Å²) < 4.78 is 18.8. The Morgan fingerprint density at radius 3 is 2.65 bits per heavy atom. The summed E-state index contributed by atoms with van der Waals surface area (Å²) in [5, 5.41) is 12.0. The molecular formula is C15H22FNO3. The maximum Gasteiger partial charge on any atom is 0.257 e. The molecule has 0 bridgehead atoms. The van der Waals surface area contributed by atoms with Gasteiger partial charge in [-0.2, -0.15) is 0 Å². The molecule has 0 radical (unpaired) electrons. The first-order valence-corrected chi connectivity index (χ1v) is 6.77. The molecule has 1 rings (SSSR count). The second kappa shape index (κ2) is 7.85. The SMILES string of the molecule is CC(C)CCNC(=O)COc1ccc([C@@H](C)O)cc1F. The van der Waals surface area contributed by atoms with Gasteiger partial charge in [0.1, 0.15) is 0 Å². The van der Waals surface area contributed by atoms with Crippen LogP contribution in [0.1, 0.15) is 38.9 Å². The highest BCUT2D eigenvalue weighted by Crippen LogP contribution is 2.21. The van der Waals surface area contributed by atoms with E-state index in [0.717, 1.165) is 6.42 Å². The Hall–Kier alpha value is -1.62. The number of rotatable bonds is 7. The highest BCUT2D eigenvalue weighted by atomic mass is 19.1. The van der Waals surface area contributed by atoms with E-state index >= 15 is 0 Å². The van der Waals surface area contributed by atoms with E-state index in [0.29, 0.717) is 18.0 Å². The number of hydrogen-bond acceptors (Lipinski definition) is 3. The van der Waals surface area contributed by atoms with Crippen molar-refractivity contribution >= 4 is 5.91 Å². The van der Waals surface area contributed by atoms with Gasteiger partial charge in [-0.05, 0) is 37.0 Å². The number of aliphatic hydroxyl groups is 1. The van der Waals surface area contributed by atoms with Crippen LogP contribution in [0.4, 0.5) is 4.39 Å². The van der Waals surface area contributed by atoms with Crippen molar-refractivity contribution in [1.29, 1.82) is 0 Å². The number of aliphatic hydroxyl groups excluding tert-OH is 1. The predicted molar refractivity (Wildman–Crippen MR) is 75.0 cm³/mol. The molecule has 1 aromatic rings. The molecule has 0 fully saturated rings. The van der Waals surface area contributed by atoms with Gasteiger partial charge in [0.2, 0.25) is 0 Å². The Balaban J connectivity index is 2.43. The highest BCUT2D eigenvalue weighted by Gasteiger charge is 2.09. The van der Waals surface area contributed by atoms with Crippen LogP contribution in [0.15, 0.2) is 18.2 Å². The lowest BCUT2D eigenvalue weighted by atomic mass is 10.1. The van der Waals surface area contributed by atoms with Crippen LogP contribution in [0.3, 0.4) is 0 Å². The smallest absolute Gasteiger partial charge is 0.257 e. The number of hydrogen-bond donors (Lipinski definition) is 2. The molecule has 0 saturated carbocycles. The maximum atomic E-state index is 13.7. The lowest BCUT2D eigenvalue weighted by Gasteiger charge is -2.11. The summed E-state index contributed by atoms with van der Waals surface area (Å²) in [6, 6.07) is 4.19. The van der Waals surface area contributed by atoms with Crippen LogP contribution in [0.2, 0.25) is 0 Å². The van der Waals surface area contributed by atoms with Crippen LogP contribution in [-0.2, 0) is 4.79 Å². The van der Waals surface area contributed by atoms with Gasteiger partial charge in [-0.3, -0.25) is 4.79 Å². The minimum absolute atomic E-state index is 0.00779. The van der Waals surface area contributed by atoms with Crippen molar-refractivity contribution in [2.75, 3.05) is 13.2 Å². The molecule has 1 aromatic carbocycles. The second-order valence-electron chi connectivity index (χ2n) is 5.19. The fourth-order valence-corrected chi connectivity index (χ4v) is 1.59. The van der Waals surface area contributed by atoms with E-state index in [9.17, 15) is 14.3 Å². The number of carbonyl (C=O) groups excluding carboxylic acids is 1.